The standard InChI is InChI=1S/C28H31ClN2O2S/c1-20(2)30-28(33)26(17-22-7-5-4-6-8-22)31(18-23-11-9-21(3)10-12-23)27(32)19-34-25-15-13-24(29)14-16-25/h4-16,20,26H,17-19H2,1-3H3,(H,30,33). The average molecular weight is 495 g/mol. The molecule has 1 atom stereocenters. The number of carbonyl (C=O) groups is 2. The smallest absolute Gasteiger partial charge is 0.243 e. The van der Waals surface area contributed by atoms with Crippen LogP contribution in [0.5, 0.6) is 0 Å². The number of rotatable bonds is 10. The molecule has 0 aliphatic rings. The summed E-state index contributed by atoms with van der Waals surface area (Å²) in [7, 11) is 0. The molecule has 178 valence electrons. The van der Waals surface area contributed by atoms with E-state index in [9.17, 15) is 9.59 Å². The Morgan fingerprint density at radius 3 is 2.18 bits per heavy atom. The number of hydrogen-bond donors (Lipinski definition) is 1. The van der Waals surface area contributed by atoms with Gasteiger partial charge >= 0.3 is 0 Å². The van der Waals surface area contributed by atoms with E-state index in [1.165, 1.54) is 11.8 Å². The zero-order chi connectivity index (χ0) is 24.5. The molecule has 3 aromatic carbocycles. The van der Waals surface area contributed by atoms with Gasteiger partial charge in [-0.15, -0.1) is 11.8 Å². The van der Waals surface area contributed by atoms with Gasteiger partial charge in [-0.3, -0.25) is 9.59 Å². The van der Waals surface area contributed by atoms with E-state index in [1.807, 2.05) is 99.6 Å². The molecule has 0 aliphatic heterocycles. The van der Waals surface area contributed by atoms with Crippen molar-refractivity contribution >= 4 is 35.2 Å². The molecule has 4 nitrogen and oxygen atoms in total. The number of thioether (sulfide) groups is 1. The van der Waals surface area contributed by atoms with E-state index < -0.39 is 6.04 Å². The Morgan fingerprint density at radius 1 is 0.912 bits per heavy atom. The molecule has 1 unspecified atom stereocenters. The Bertz CT molecular complexity index is 1070. The van der Waals surface area contributed by atoms with Crippen LogP contribution in [-0.2, 0) is 22.6 Å². The number of nitrogens with one attached hydrogen (secondary N) is 1. The summed E-state index contributed by atoms with van der Waals surface area (Å²) in [4.78, 5) is 29.6. The van der Waals surface area contributed by atoms with Crippen LogP contribution in [0.2, 0.25) is 5.02 Å². The highest BCUT2D eigenvalue weighted by Gasteiger charge is 2.30. The molecular formula is C28H31ClN2O2S. The molecule has 0 heterocycles. The van der Waals surface area contributed by atoms with Gasteiger partial charge in [0.15, 0.2) is 0 Å². The van der Waals surface area contributed by atoms with E-state index in [-0.39, 0.29) is 23.6 Å². The van der Waals surface area contributed by atoms with Crippen molar-refractivity contribution in [2.45, 2.75) is 50.7 Å². The molecule has 3 aromatic rings. The number of amides is 2. The van der Waals surface area contributed by atoms with E-state index in [1.54, 1.807) is 4.90 Å². The van der Waals surface area contributed by atoms with Crippen molar-refractivity contribution in [3.8, 4) is 0 Å². The molecule has 0 saturated heterocycles. The summed E-state index contributed by atoms with van der Waals surface area (Å²) >= 11 is 7.44. The monoisotopic (exact) mass is 494 g/mol. The first-order valence-corrected chi connectivity index (χ1v) is 12.8. The Balaban J connectivity index is 1.89. The van der Waals surface area contributed by atoms with E-state index in [2.05, 4.69) is 5.32 Å². The van der Waals surface area contributed by atoms with E-state index in [4.69, 9.17) is 11.6 Å². The van der Waals surface area contributed by atoms with Crippen LogP contribution in [-0.4, -0.2) is 34.6 Å². The molecule has 0 radical (unpaired) electrons. The van der Waals surface area contributed by atoms with Gasteiger partial charge in [0.25, 0.3) is 0 Å². The average Bonchev–Trinajstić information content (AvgIpc) is 2.82. The summed E-state index contributed by atoms with van der Waals surface area (Å²) in [6.45, 7) is 6.26. The van der Waals surface area contributed by atoms with Gasteiger partial charge < -0.3 is 10.2 Å². The van der Waals surface area contributed by atoms with Crippen molar-refractivity contribution in [2.75, 3.05) is 5.75 Å². The molecule has 0 aromatic heterocycles. The fourth-order valence-corrected chi connectivity index (χ4v) is 4.49. The summed E-state index contributed by atoms with van der Waals surface area (Å²) in [5.41, 5.74) is 3.16. The molecular weight excluding hydrogens is 464 g/mol. The minimum absolute atomic E-state index is 0.0226. The number of carbonyl (C=O) groups excluding carboxylic acids is 2. The molecule has 0 bridgehead atoms. The maximum Gasteiger partial charge on any atom is 0.243 e. The Labute approximate surface area is 211 Å². The van der Waals surface area contributed by atoms with Crippen molar-refractivity contribution < 1.29 is 9.59 Å². The minimum Gasteiger partial charge on any atom is -0.352 e. The van der Waals surface area contributed by atoms with E-state index in [0.29, 0.717) is 18.0 Å². The lowest BCUT2D eigenvalue weighted by Gasteiger charge is -2.32. The highest BCUT2D eigenvalue weighted by atomic mass is 35.5. The van der Waals surface area contributed by atoms with Crippen LogP contribution in [0, 0.1) is 6.92 Å². The fraction of sp³-hybridized carbons (Fsp3) is 0.286. The molecule has 1 N–H and O–H groups in total. The predicted molar refractivity (Wildman–Crippen MR) is 141 cm³/mol. The number of aryl methyl sites for hydroxylation is 1. The van der Waals surface area contributed by atoms with Crippen molar-refractivity contribution in [1.82, 2.24) is 10.2 Å². The van der Waals surface area contributed by atoms with Crippen LogP contribution in [0.3, 0.4) is 0 Å². The van der Waals surface area contributed by atoms with Crippen LogP contribution >= 0.6 is 23.4 Å². The zero-order valence-electron chi connectivity index (χ0n) is 19.8. The number of halogens is 1. The molecule has 2 amide bonds. The quantitative estimate of drug-likeness (QED) is 0.357. The van der Waals surface area contributed by atoms with Gasteiger partial charge in [0.1, 0.15) is 6.04 Å². The second-order valence-electron chi connectivity index (χ2n) is 8.62. The van der Waals surface area contributed by atoms with Crippen molar-refractivity contribution in [1.29, 1.82) is 0 Å². The molecule has 0 aliphatic carbocycles. The van der Waals surface area contributed by atoms with Crippen LogP contribution in [0.15, 0.2) is 83.8 Å². The van der Waals surface area contributed by atoms with Crippen molar-refractivity contribution in [3.63, 3.8) is 0 Å². The first kappa shape index (κ1) is 25.9. The summed E-state index contributed by atoms with van der Waals surface area (Å²) in [5.74, 6) is 0.00413. The summed E-state index contributed by atoms with van der Waals surface area (Å²) in [6, 6.07) is 24.7. The van der Waals surface area contributed by atoms with Gasteiger partial charge in [0, 0.05) is 28.9 Å². The molecule has 6 heteroatoms. The lowest BCUT2D eigenvalue weighted by atomic mass is 10.0. The van der Waals surface area contributed by atoms with Gasteiger partial charge in [-0.25, -0.2) is 0 Å². The number of hydrogen-bond acceptors (Lipinski definition) is 3. The van der Waals surface area contributed by atoms with E-state index in [0.717, 1.165) is 21.6 Å². The molecule has 0 fully saturated rings. The summed E-state index contributed by atoms with van der Waals surface area (Å²) in [6.07, 6.45) is 0.447. The zero-order valence-corrected chi connectivity index (χ0v) is 21.4. The summed E-state index contributed by atoms with van der Waals surface area (Å²) in [5, 5.41) is 3.68. The molecule has 34 heavy (non-hydrogen) atoms. The van der Waals surface area contributed by atoms with Gasteiger partial charge in [-0.2, -0.15) is 0 Å². The second kappa shape index (κ2) is 12.6. The van der Waals surface area contributed by atoms with Crippen LogP contribution in [0.1, 0.15) is 30.5 Å². The maximum absolute atomic E-state index is 13.6. The van der Waals surface area contributed by atoms with Crippen molar-refractivity contribution in [3.05, 3.63) is 101 Å². The second-order valence-corrected chi connectivity index (χ2v) is 10.1. The first-order chi connectivity index (χ1) is 16.3. The van der Waals surface area contributed by atoms with Crippen LogP contribution in [0.25, 0.3) is 0 Å². The van der Waals surface area contributed by atoms with Crippen molar-refractivity contribution in [2.24, 2.45) is 0 Å². The van der Waals surface area contributed by atoms with Gasteiger partial charge in [0.05, 0.1) is 5.75 Å². The van der Waals surface area contributed by atoms with Gasteiger partial charge in [0.2, 0.25) is 11.8 Å². The largest absolute Gasteiger partial charge is 0.352 e. The Kier molecular flexibility index (Phi) is 9.61. The SMILES string of the molecule is Cc1ccc(CN(C(=O)CSc2ccc(Cl)cc2)C(Cc2ccccc2)C(=O)NC(C)C)cc1. The Morgan fingerprint density at radius 2 is 1.56 bits per heavy atom. The van der Waals surface area contributed by atoms with Crippen LogP contribution < -0.4 is 5.32 Å². The normalized spacial score (nSPS) is 11.8. The first-order valence-electron chi connectivity index (χ1n) is 11.4. The summed E-state index contributed by atoms with van der Waals surface area (Å²) < 4.78 is 0. The third-order valence-electron chi connectivity index (χ3n) is 5.35. The minimum atomic E-state index is -0.621. The topological polar surface area (TPSA) is 49.4 Å². The third-order valence-corrected chi connectivity index (χ3v) is 6.60. The molecule has 0 spiro atoms. The van der Waals surface area contributed by atoms with Gasteiger partial charge in [-0.1, -0.05) is 71.8 Å². The highest BCUT2D eigenvalue weighted by Crippen LogP contribution is 2.23. The number of benzene rings is 3. The third kappa shape index (κ3) is 7.93. The molecule has 3 rings (SSSR count). The van der Waals surface area contributed by atoms with Crippen LogP contribution in [0.4, 0.5) is 0 Å². The number of nitrogens with zero attached hydrogens (tertiary/aromatic N) is 1. The molecule has 0 saturated carbocycles. The Hall–Kier alpha value is -2.76. The highest BCUT2D eigenvalue weighted by molar-refractivity contribution is 8.00. The lowest BCUT2D eigenvalue weighted by Crippen LogP contribution is -2.52. The lowest BCUT2D eigenvalue weighted by molar-refractivity contribution is -0.139. The van der Waals surface area contributed by atoms with Gasteiger partial charge in [-0.05, 0) is 56.2 Å². The van der Waals surface area contributed by atoms with E-state index >= 15 is 0 Å². The fourth-order valence-electron chi connectivity index (χ4n) is 3.58. The predicted octanol–water partition coefficient (Wildman–Crippen LogP) is 5.91. The maximum atomic E-state index is 13.6.